The maximum atomic E-state index is 12.9. The van der Waals surface area contributed by atoms with Gasteiger partial charge in [-0.1, -0.05) is 13.8 Å². The van der Waals surface area contributed by atoms with Crippen LogP contribution in [0.4, 0.5) is 19.0 Å². The first-order chi connectivity index (χ1) is 14.6. The van der Waals surface area contributed by atoms with Crippen LogP contribution in [0.15, 0.2) is 12.4 Å². The molecule has 2 fully saturated rings. The number of aliphatic hydroxyl groups excluding tert-OH is 2. The van der Waals surface area contributed by atoms with E-state index in [0.29, 0.717) is 18.5 Å². The van der Waals surface area contributed by atoms with Crippen molar-refractivity contribution in [1.82, 2.24) is 14.9 Å². The van der Waals surface area contributed by atoms with E-state index in [0.717, 1.165) is 32.0 Å². The van der Waals surface area contributed by atoms with E-state index in [4.69, 9.17) is 4.74 Å². The van der Waals surface area contributed by atoms with Gasteiger partial charge >= 0.3 is 6.18 Å². The summed E-state index contributed by atoms with van der Waals surface area (Å²) in [6, 6.07) is -0.784. The summed E-state index contributed by atoms with van der Waals surface area (Å²) in [5, 5.41) is 23.2. The largest absolute Gasteiger partial charge is 0.434 e. The fraction of sp³-hybridized carbons (Fsp3) is 0.810. The van der Waals surface area contributed by atoms with Gasteiger partial charge in [0.2, 0.25) is 0 Å². The molecule has 31 heavy (non-hydrogen) atoms. The molecule has 10 heteroatoms. The molecule has 7 nitrogen and oxygen atoms in total. The summed E-state index contributed by atoms with van der Waals surface area (Å²) in [5.41, 5.74) is -1.12. The first-order valence-corrected chi connectivity index (χ1v) is 11.0. The number of halogens is 3. The molecule has 176 valence electrons. The average molecular weight is 447 g/mol. The lowest BCUT2D eigenvalue weighted by atomic mass is 9.86. The number of hydrogen-bond donors (Lipinski definition) is 3. The molecule has 0 bridgehead atoms. The van der Waals surface area contributed by atoms with Gasteiger partial charge in [0.25, 0.3) is 0 Å². The predicted octanol–water partition coefficient (Wildman–Crippen LogP) is 2.54. The Kier molecular flexibility index (Phi) is 8.12. The van der Waals surface area contributed by atoms with E-state index in [2.05, 4.69) is 34.0 Å². The van der Waals surface area contributed by atoms with Crippen molar-refractivity contribution in [3.05, 3.63) is 18.1 Å². The maximum absolute atomic E-state index is 12.9. The Labute approximate surface area is 181 Å². The number of aliphatic hydroxyl groups is 2. The lowest BCUT2D eigenvalue weighted by Gasteiger charge is -2.39. The fourth-order valence-electron chi connectivity index (χ4n) is 4.43. The molecule has 4 atom stereocenters. The van der Waals surface area contributed by atoms with Gasteiger partial charge in [-0.25, -0.2) is 4.98 Å². The lowest BCUT2D eigenvalue weighted by Crippen LogP contribution is -2.56. The van der Waals surface area contributed by atoms with Crippen LogP contribution in [0.2, 0.25) is 0 Å². The number of aromatic nitrogens is 2. The van der Waals surface area contributed by atoms with Crippen LogP contribution in [0.3, 0.4) is 0 Å². The Hall–Kier alpha value is -1.49. The van der Waals surface area contributed by atoms with Crippen molar-refractivity contribution >= 4 is 5.82 Å². The highest BCUT2D eigenvalue weighted by Crippen LogP contribution is 2.29. The lowest BCUT2D eigenvalue weighted by molar-refractivity contribution is -0.141. The zero-order valence-corrected chi connectivity index (χ0v) is 18.1. The molecule has 2 saturated heterocycles. The van der Waals surface area contributed by atoms with E-state index in [1.807, 2.05) is 0 Å². The molecule has 1 unspecified atom stereocenters. The van der Waals surface area contributed by atoms with Crippen molar-refractivity contribution in [2.24, 2.45) is 11.8 Å². The van der Waals surface area contributed by atoms with Crippen molar-refractivity contribution in [1.29, 1.82) is 0 Å². The Bertz CT molecular complexity index is 699. The summed E-state index contributed by atoms with van der Waals surface area (Å²) in [6.45, 7) is 7.55. The Balaban J connectivity index is 1.56. The van der Waals surface area contributed by atoms with Crippen molar-refractivity contribution in [2.75, 3.05) is 31.6 Å². The Morgan fingerprint density at radius 2 is 1.94 bits per heavy atom. The van der Waals surface area contributed by atoms with Crippen LogP contribution in [0.5, 0.6) is 0 Å². The second-order valence-corrected chi connectivity index (χ2v) is 8.95. The van der Waals surface area contributed by atoms with Crippen molar-refractivity contribution in [3.8, 4) is 0 Å². The predicted molar refractivity (Wildman–Crippen MR) is 109 cm³/mol. The van der Waals surface area contributed by atoms with Crippen LogP contribution in [-0.4, -0.2) is 75.7 Å². The van der Waals surface area contributed by atoms with E-state index >= 15 is 0 Å². The molecule has 3 heterocycles. The number of nitrogens with zero attached hydrogens (tertiary/aromatic N) is 3. The van der Waals surface area contributed by atoms with Crippen LogP contribution in [0.25, 0.3) is 0 Å². The van der Waals surface area contributed by atoms with E-state index in [-0.39, 0.29) is 12.4 Å². The topological polar surface area (TPSA) is 90.7 Å². The van der Waals surface area contributed by atoms with Crippen LogP contribution in [0.1, 0.15) is 45.2 Å². The minimum atomic E-state index is -4.62. The molecule has 2 aliphatic heterocycles. The maximum Gasteiger partial charge on any atom is 0.434 e. The van der Waals surface area contributed by atoms with Gasteiger partial charge < -0.3 is 25.2 Å². The number of nitrogens with one attached hydrogen (secondary N) is 1. The zero-order chi connectivity index (χ0) is 22.6. The standard InChI is InChI=1S/C21H33F3N4O3/c1-13(2)14-5-8-28(9-6-14)7-3-4-16-19(20(30)15(29)12-31-16)27-18-11-25-10-17(26-18)21(22,23)24/h10-11,13-16,19-20,29-30H,3-9,12H2,1-2H3,(H,26,27)/t15-,16?,19-,20-/m0/s1. The van der Waals surface area contributed by atoms with Gasteiger partial charge in [-0.15, -0.1) is 0 Å². The quantitative estimate of drug-likeness (QED) is 0.593. The molecule has 0 spiro atoms. The molecule has 0 amide bonds. The normalized spacial score (nSPS) is 28.8. The molecular weight excluding hydrogens is 413 g/mol. The van der Waals surface area contributed by atoms with E-state index < -0.39 is 36.2 Å². The third kappa shape index (κ3) is 6.50. The van der Waals surface area contributed by atoms with Gasteiger partial charge in [0.15, 0.2) is 5.69 Å². The smallest absolute Gasteiger partial charge is 0.388 e. The number of hydrogen-bond acceptors (Lipinski definition) is 7. The summed E-state index contributed by atoms with van der Waals surface area (Å²) < 4.78 is 44.5. The summed E-state index contributed by atoms with van der Waals surface area (Å²) >= 11 is 0. The summed E-state index contributed by atoms with van der Waals surface area (Å²) in [6.07, 6.45) is -1.74. The Morgan fingerprint density at radius 3 is 2.58 bits per heavy atom. The molecule has 1 aromatic rings. The van der Waals surface area contributed by atoms with Gasteiger partial charge in [0.1, 0.15) is 18.0 Å². The van der Waals surface area contributed by atoms with Gasteiger partial charge in [-0.2, -0.15) is 13.2 Å². The number of rotatable bonds is 7. The monoisotopic (exact) mass is 446 g/mol. The van der Waals surface area contributed by atoms with E-state index in [1.165, 1.54) is 19.0 Å². The summed E-state index contributed by atoms with van der Waals surface area (Å²) in [7, 11) is 0. The molecule has 1 aromatic heterocycles. The molecule has 0 aromatic carbocycles. The molecule has 0 radical (unpaired) electrons. The zero-order valence-electron chi connectivity index (χ0n) is 18.1. The minimum Gasteiger partial charge on any atom is -0.388 e. The third-order valence-corrected chi connectivity index (χ3v) is 6.42. The van der Waals surface area contributed by atoms with Gasteiger partial charge in [0.05, 0.1) is 31.1 Å². The minimum absolute atomic E-state index is 0.0158. The SMILES string of the molecule is CC(C)C1CCN(CCCC2OC[C@H](O)[C@H](O)[C@H]2Nc2cncc(C(F)(F)F)n2)CC1. The van der Waals surface area contributed by atoms with Gasteiger partial charge in [0, 0.05) is 0 Å². The number of piperidine rings is 1. The molecule has 3 rings (SSSR count). The summed E-state index contributed by atoms with van der Waals surface area (Å²) in [4.78, 5) is 9.57. The molecule has 3 N–H and O–H groups in total. The molecule has 0 aliphatic carbocycles. The van der Waals surface area contributed by atoms with Gasteiger partial charge in [-0.05, 0) is 57.2 Å². The number of anilines is 1. The number of likely N-dealkylation sites (tertiary alicyclic amines) is 1. The fourth-order valence-corrected chi connectivity index (χ4v) is 4.43. The molecule has 2 aliphatic rings. The molecular formula is C21H33F3N4O3. The second kappa shape index (κ2) is 10.4. The van der Waals surface area contributed by atoms with E-state index in [9.17, 15) is 23.4 Å². The van der Waals surface area contributed by atoms with Crippen molar-refractivity contribution in [2.45, 2.75) is 70.1 Å². The van der Waals surface area contributed by atoms with Gasteiger partial charge in [-0.3, -0.25) is 4.98 Å². The Morgan fingerprint density at radius 1 is 1.23 bits per heavy atom. The highest BCUT2D eigenvalue weighted by atomic mass is 19.4. The van der Waals surface area contributed by atoms with Crippen LogP contribution >= 0.6 is 0 Å². The number of ether oxygens (including phenoxy) is 1. The first kappa shape index (κ1) is 24.2. The summed E-state index contributed by atoms with van der Waals surface area (Å²) in [5.74, 6) is 1.37. The van der Waals surface area contributed by atoms with E-state index in [1.54, 1.807) is 0 Å². The second-order valence-electron chi connectivity index (χ2n) is 8.95. The van der Waals surface area contributed by atoms with Crippen LogP contribution in [0, 0.1) is 11.8 Å². The first-order valence-electron chi connectivity index (χ1n) is 11.0. The average Bonchev–Trinajstić information content (AvgIpc) is 2.73. The number of alkyl halides is 3. The van der Waals surface area contributed by atoms with Crippen molar-refractivity contribution in [3.63, 3.8) is 0 Å². The highest BCUT2D eigenvalue weighted by molar-refractivity contribution is 5.35. The molecule has 0 saturated carbocycles. The van der Waals surface area contributed by atoms with Crippen LogP contribution < -0.4 is 5.32 Å². The third-order valence-electron chi connectivity index (χ3n) is 6.42. The van der Waals surface area contributed by atoms with Crippen molar-refractivity contribution < 1.29 is 28.1 Å². The highest BCUT2D eigenvalue weighted by Gasteiger charge is 2.39. The van der Waals surface area contributed by atoms with Crippen LogP contribution in [-0.2, 0) is 10.9 Å².